The molecule has 0 saturated carbocycles. The number of halogens is 3. The Morgan fingerprint density at radius 3 is 2.44 bits per heavy atom. The molecule has 0 aromatic heterocycles. The lowest BCUT2D eigenvalue weighted by Crippen LogP contribution is -2.26. The highest BCUT2D eigenvalue weighted by Crippen LogP contribution is 2.30. The van der Waals surface area contributed by atoms with Crippen molar-refractivity contribution in [3.05, 3.63) is 33.6 Å². The van der Waals surface area contributed by atoms with E-state index in [1.54, 1.807) is 13.8 Å². The number of rotatable bonds is 3. The summed E-state index contributed by atoms with van der Waals surface area (Å²) in [6, 6.07) is 2.46. The summed E-state index contributed by atoms with van der Waals surface area (Å²) >= 11 is 11.4. The summed E-state index contributed by atoms with van der Waals surface area (Å²) in [6.45, 7) is 3.14. The van der Waals surface area contributed by atoms with Crippen molar-refractivity contribution in [3.63, 3.8) is 0 Å². The molecule has 0 aliphatic carbocycles. The molecule has 2 nitrogen and oxygen atoms in total. The number of carboxylic acid groups (broad SMARTS) is 1. The molecule has 0 heterocycles. The van der Waals surface area contributed by atoms with Crippen molar-refractivity contribution in [2.45, 2.75) is 20.3 Å². The van der Waals surface area contributed by atoms with Crippen molar-refractivity contribution < 1.29 is 14.3 Å². The summed E-state index contributed by atoms with van der Waals surface area (Å²) < 4.78 is 13.0. The Kier molecular flexibility index (Phi) is 3.81. The number of benzene rings is 1. The second-order valence-corrected chi connectivity index (χ2v) is 5.04. The van der Waals surface area contributed by atoms with Gasteiger partial charge in [0.25, 0.3) is 0 Å². The van der Waals surface area contributed by atoms with Gasteiger partial charge in [0.2, 0.25) is 0 Å². The summed E-state index contributed by atoms with van der Waals surface area (Å²) in [5, 5.41) is 9.10. The summed E-state index contributed by atoms with van der Waals surface area (Å²) in [5.74, 6) is -1.55. The van der Waals surface area contributed by atoms with Gasteiger partial charge in [-0.3, -0.25) is 4.79 Å². The Labute approximate surface area is 103 Å². The van der Waals surface area contributed by atoms with Crippen LogP contribution < -0.4 is 0 Å². The minimum Gasteiger partial charge on any atom is -0.481 e. The van der Waals surface area contributed by atoms with Gasteiger partial charge in [-0.25, -0.2) is 4.39 Å². The number of hydrogen-bond donors (Lipinski definition) is 1. The number of carboxylic acids is 1. The van der Waals surface area contributed by atoms with E-state index < -0.39 is 17.2 Å². The lowest BCUT2D eigenvalue weighted by molar-refractivity contribution is -0.146. The zero-order chi connectivity index (χ0) is 12.5. The first-order valence-electron chi connectivity index (χ1n) is 4.61. The van der Waals surface area contributed by atoms with E-state index in [4.69, 9.17) is 28.3 Å². The molecule has 1 aromatic carbocycles. The summed E-state index contributed by atoms with van der Waals surface area (Å²) in [4.78, 5) is 10.9. The predicted octanol–water partition coefficient (Wildman–Crippen LogP) is 3.79. The van der Waals surface area contributed by atoms with Crippen LogP contribution in [0.5, 0.6) is 0 Å². The average molecular weight is 265 g/mol. The maximum atomic E-state index is 13.0. The van der Waals surface area contributed by atoms with Gasteiger partial charge < -0.3 is 5.11 Å². The van der Waals surface area contributed by atoms with E-state index in [0.717, 1.165) is 6.07 Å². The first-order chi connectivity index (χ1) is 7.24. The normalized spacial score (nSPS) is 11.6. The zero-order valence-electron chi connectivity index (χ0n) is 8.85. The van der Waals surface area contributed by atoms with E-state index in [-0.39, 0.29) is 16.5 Å². The van der Waals surface area contributed by atoms with Gasteiger partial charge in [-0.15, -0.1) is 0 Å². The third kappa shape index (κ3) is 2.86. The third-order valence-electron chi connectivity index (χ3n) is 2.30. The standard InChI is InChI=1S/C11H11Cl2FO2/c1-11(2,10(15)16)5-6-3-8(13)9(14)4-7(6)12/h3-4H,5H2,1-2H3,(H,15,16). The molecule has 5 heteroatoms. The van der Waals surface area contributed by atoms with Crippen LogP contribution in [0.15, 0.2) is 12.1 Å². The fourth-order valence-corrected chi connectivity index (χ4v) is 1.65. The lowest BCUT2D eigenvalue weighted by Gasteiger charge is -2.19. The van der Waals surface area contributed by atoms with E-state index >= 15 is 0 Å². The topological polar surface area (TPSA) is 37.3 Å². The minimum atomic E-state index is -0.967. The number of hydrogen-bond acceptors (Lipinski definition) is 1. The highest BCUT2D eigenvalue weighted by Gasteiger charge is 2.28. The molecule has 0 spiro atoms. The van der Waals surface area contributed by atoms with Gasteiger partial charge in [0.05, 0.1) is 10.4 Å². The quantitative estimate of drug-likeness (QED) is 0.844. The van der Waals surface area contributed by atoms with Crippen molar-refractivity contribution in [1.29, 1.82) is 0 Å². The van der Waals surface area contributed by atoms with E-state index in [1.807, 2.05) is 0 Å². The molecule has 0 radical (unpaired) electrons. The molecule has 0 saturated heterocycles. The lowest BCUT2D eigenvalue weighted by atomic mass is 9.86. The van der Waals surface area contributed by atoms with Gasteiger partial charge in [0.15, 0.2) is 0 Å². The Morgan fingerprint density at radius 2 is 1.94 bits per heavy atom. The highest BCUT2D eigenvalue weighted by atomic mass is 35.5. The van der Waals surface area contributed by atoms with Gasteiger partial charge >= 0.3 is 5.97 Å². The van der Waals surface area contributed by atoms with Crippen LogP contribution in [-0.2, 0) is 11.2 Å². The van der Waals surface area contributed by atoms with Gasteiger partial charge in [0.1, 0.15) is 5.82 Å². The molecule has 88 valence electrons. The first kappa shape index (κ1) is 13.3. The zero-order valence-corrected chi connectivity index (χ0v) is 10.4. The fourth-order valence-electron chi connectivity index (χ4n) is 1.25. The molecule has 1 rings (SSSR count). The largest absolute Gasteiger partial charge is 0.481 e. The molecule has 16 heavy (non-hydrogen) atoms. The van der Waals surface area contributed by atoms with Gasteiger partial charge in [0, 0.05) is 5.02 Å². The monoisotopic (exact) mass is 264 g/mol. The van der Waals surface area contributed by atoms with Crippen LogP contribution in [-0.4, -0.2) is 11.1 Å². The summed E-state index contributed by atoms with van der Waals surface area (Å²) in [7, 11) is 0. The van der Waals surface area contributed by atoms with Crippen LogP contribution in [0.3, 0.4) is 0 Å². The Hall–Kier alpha value is -0.800. The predicted molar refractivity (Wildman–Crippen MR) is 61.5 cm³/mol. The van der Waals surface area contributed by atoms with E-state index in [9.17, 15) is 9.18 Å². The number of aliphatic carboxylic acids is 1. The highest BCUT2D eigenvalue weighted by molar-refractivity contribution is 6.33. The molecule has 0 fully saturated rings. The SMILES string of the molecule is CC(C)(Cc1cc(Cl)c(F)cc1Cl)C(=O)O. The minimum absolute atomic E-state index is 0.0550. The molecule has 0 amide bonds. The van der Waals surface area contributed by atoms with Gasteiger partial charge in [-0.1, -0.05) is 23.2 Å². The second kappa shape index (κ2) is 4.60. The molecular formula is C11H11Cl2FO2. The molecule has 0 atom stereocenters. The van der Waals surface area contributed by atoms with E-state index in [1.165, 1.54) is 6.07 Å². The fraction of sp³-hybridized carbons (Fsp3) is 0.364. The van der Waals surface area contributed by atoms with Crippen molar-refractivity contribution in [3.8, 4) is 0 Å². The van der Waals surface area contributed by atoms with Crippen molar-refractivity contribution >= 4 is 29.2 Å². The van der Waals surface area contributed by atoms with Crippen LogP contribution in [0.2, 0.25) is 10.0 Å². The Morgan fingerprint density at radius 1 is 1.38 bits per heavy atom. The maximum absolute atomic E-state index is 13.0. The Bertz CT molecular complexity index is 430. The maximum Gasteiger partial charge on any atom is 0.309 e. The summed E-state index contributed by atoms with van der Waals surface area (Å²) in [5.41, 5.74) is -0.439. The second-order valence-electron chi connectivity index (χ2n) is 4.22. The van der Waals surface area contributed by atoms with Crippen LogP contribution in [0, 0.1) is 11.2 Å². The molecule has 1 aromatic rings. The molecule has 0 unspecified atom stereocenters. The first-order valence-corrected chi connectivity index (χ1v) is 5.36. The number of carbonyl (C=O) groups is 1. The van der Waals surface area contributed by atoms with E-state index in [0.29, 0.717) is 5.56 Å². The van der Waals surface area contributed by atoms with Crippen LogP contribution >= 0.6 is 23.2 Å². The molecule has 0 aliphatic rings. The molecule has 0 bridgehead atoms. The van der Waals surface area contributed by atoms with Crippen molar-refractivity contribution in [2.24, 2.45) is 5.41 Å². The average Bonchev–Trinajstić information content (AvgIpc) is 2.13. The van der Waals surface area contributed by atoms with Gasteiger partial charge in [-0.2, -0.15) is 0 Å². The van der Waals surface area contributed by atoms with Crippen molar-refractivity contribution in [1.82, 2.24) is 0 Å². The summed E-state index contributed by atoms with van der Waals surface area (Å²) in [6.07, 6.45) is 0.196. The molecule has 1 N–H and O–H groups in total. The van der Waals surface area contributed by atoms with Crippen LogP contribution in [0.25, 0.3) is 0 Å². The van der Waals surface area contributed by atoms with Crippen LogP contribution in [0.4, 0.5) is 4.39 Å². The van der Waals surface area contributed by atoms with Gasteiger partial charge in [-0.05, 0) is 38.0 Å². The third-order valence-corrected chi connectivity index (χ3v) is 2.94. The molecule has 0 aliphatic heterocycles. The smallest absolute Gasteiger partial charge is 0.309 e. The van der Waals surface area contributed by atoms with E-state index in [2.05, 4.69) is 0 Å². The van der Waals surface area contributed by atoms with Crippen molar-refractivity contribution in [2.75, 3.05) is 0 Å². The Balaban J connectivity index is 3.07. The molecular weight excluding hydrogens is 254 g/mol. The van der Waals surface area contributed by atoms with Crippen LogP contribution in [0.1, 0.15) is 19.4 Å².